The van der Waals surface area contributed by atoms with Crippen molar-refractivity contribution in [2.45, 2.75) is 19.9 Å². The number of nitrogens with zero attached hydrogens (tertiary/aromatic N) is 2. The minimum atomic E-state index is -0.614. The van der Waals surface area contributed by atoms with Crippen LogP contribution in [0.1, 0.15) is 13.3 Å². The van der Waals surface area contributed by atoms with Crippen molar-refractivity contribution in [1.82, 2.24) is 14.5 Å². The summed E-state index contributed by atoms with van der Waals surface area (Å²) in [6.07, 6.45) is 0.776. The highest BCUT2D eigenvalue weighted by atomic mass is 35.5. The highest BCUT2D eigenvalue weighted by Crippen LogP contribution is 2.17. The van der Waals surface area contributed by atoms with Crippen molar-refractivity contribution in [3.63, 3.8) is 0 Å². The van der Waals surface area contributed by atoms with E-state index in [0.717, 1.165) is 11.0 Å². The predicted octanol–water partition coefficient (Wildman–Crippen LogP) is 2.34. The second kappa shape index (κ2) is 8.31. The van der Waals surface area contributed by atoms with E-state index in [2.05, 4.69) is 5.32 Å². The zero-order valence-corrected chi connectivity index (χ0v) is 16.3. The van der Waals surface area contributed by atoms with Crippen LogP contribution < -0.4 is 21.3 Å². The van der Waals surface area contributed by atoms with Crippen molar-refractivity contribution in [1.29, 1.82) is 0 Å². The molecule has 0 fully saturated rings. The van der Waals surface area contributed by atoms with E-state index in [1.807, 2.05) is 6.92 Å². The molecule has 146 valence electrons. The minimum Gasteiger partial charge on any atom is -0.497 e. The first-order chi connectivity index (χ1) is 13.5. The van der Waals surface area contributed by atoms with Gasteiger partial charge in [-0.2, -0.15) is 0 Å². The fourth-order valence-electron chi connectivity index (χ4n) is 2.92. The Morgan fingerprint density at radius 3 is 2.50 bits per heavy atom. The molecule has 3 aromatic rings. The number of carbonyl (C=O) groups excluding carboxylic acids is 1. The molecule has 1 heterocycles. The van der Waals surface area contributed by atoms with Crippen molar-refractivity contribution in [3.05, 3.63) is 68.3 Å². The number of hydrogen-bond acceptors (Lipinski definition) is 4. The molecule has 28 heavy (non-hydrogen) atoms. The summed E-state index contributed by atoms with van der Waals surface area (Å²) in [7, 11) is 1.53. The molecule has 0 saturated carbocycles. The highest BCUT2D eigenvalue weighted by Gasteiger charge is 2.17. The second-order valence-corrected chi connectivity index (χ2v) is 6.66. The molecular formula is C20H20ClN3O4. The first-order valence-electron chi connectivity index (χ1n) is 8.82. The smallest absolute Gasteiger partial charge is 0.336 e. The molecular weight excluding hydrogens is 382 g/mol. The molecule has 8 heteroatoms. The molecule has 0 bridgehead atoms. The molecule has 1 amide bonds. The number of nitrogens with one attached hydrogen (secondary N) is 1. The molecule has 0 atom stereocenters. The Balaban J connectivity index is 2.24. The van der Waals surface area contributed by atoms with Gasteiger partial charge in [-0.05, 0) is 48.9 Å². The largest absolute Gasteiger partial charge is 0.497 e. The molecule has 0 unspecified atom stereocenters. The van der Waals surface area contributed by atoms with Gasteiger partial charge in [0.2, 0.25) is 5.91 Å². The summed E-state index contributed by atoms with van der Waals surface area (Å²) in [4.78, 5) is 38.4. The van der Waals surface area contributed by atoms with Crippen LogP contribution in [0.15, 0.2) is 52.1 Å². The molecule has 0 saturated heterocycles. The monoisotopic (exact) mass is 401 g/mol. The van der Waals surface area contributed by atoms with Gasteiger partial charge in [0.05, 0.1) is 23.7 Å². The minimum absolute atomic E-state index is 0.216. The van der Waals surface area contributed by atoms with Crippen LogP contribution in [0.5, 0.6) is 5.75 Å². The number of fused-ring (bicyclic) bond motifs is 1. The Labute approximate surface area is 166 Å². The molecule has 3 rings (SSSR count). The molecule has 1 aromatic heterocycles. The Bertz CT molecular complexity index is 1130. The van der Waals surface area contributed by atoms with Gasteiger partial charge in [-0.3, -0.25) is 14.2 Å². The lowest BCUT2D eigenvalue weighted by Gasteiger charge is -2.14. The molecule has 0 aliphatic carbocycles. The molecule has 2 aromatic carbocycles. The Kier molecular flexibility index (Phi) is 5.84. The Morgan fingerprint density at radius 2 is 1.86 bits per heavy atom. The van der Waals surface area contributed by atoms with Crippen LogP contribution >= 0.6 is 11.6 Å². The molecule has 0 aliphatic heterocycles. The predicted molar refractivity (Wildman–Crippen MR) is 109 cm³/mol. The van der Waals surface area contributed by atoms with Crippen LogP contribution in [0.25, 0.3) is 16.6 Å². The lowest BCUT2D eigenvalue weighted by atomic mass is 10.2. The second-order valence-electron chi connectivity index (χ2n) is 6.22. The quantitative estimate of drug-likeness (QED) is 0.687. The van der Waals surface area contributed by atoms with Gasteiger partial charge in [-0.1, -0.05) is 18.5 Å². The summed E-state index contributed by atoms with van der Waals surface area (Å²) in [6.45, 7) is 2.22. The number of hydrogen-bond donors (Lipinski definition) is 1. The third-order valence-corrected chi connectivity index (χ3v) is 4.55. The molecule has 7 nitrogen and oxygen atoms in total. The standard InChI is InChI=1S/C20H20ClN3O4/c1-3-10-22-18(25)12-23-17-11-13(21)4-9-16(17)19(26)24(20(23)27)14-5-7-15(28-2)8-6-14/h4-9,11H,3,10,12H2,1-2H3,(H,22,25). The van der Waals surface area contributed by atoms with E-state index in [0.29, 0.717) is 33.9 Å². The van der Waals surface area contributed by atoms with Gasteiger partial charge in [0.25, 0.3) is 5.56 Å². The van der Waals surface area contributed by atoms with Crippen LogP contribution in [0.3, 0.4) is 0 Å². The maximum Gasteiger partial charge on any atom is 0.336 e. The van der Waals surface area contributed by atoms with Crippen molar-refractivity contribution >= 4 is 28.4 Å². The maximum atomic E-state index is 13.2. The van der Waals surface area contributed by atoms with Crippen molar-refractivity contribution in [2.24, 2.45) is 0 Å². The zero-order chi connectivity index (χ0) is 20.3. The lowest BCUT2D eigenvalue weighted by Crippen LogP contribution is -2.41. The number of methoxy groups -OCH3 is 1. The first kappa shape index (κ1) is 19.7. The molecule has 1 N–H and O–H groups in total. The number of amides is 1. The summed E-state index contributed by atoms with van der Waals surface area (Å²) >= 11 is 6.07. The summed E-state index contributed by atoms with van der Waals surface area (Å²) in [5.41, 5.74) is -0.391. The molecule has 0 spiro atoms. The maximum absolute atomic E-state index is 13.2. The lowest BCUT2D eigenvalue weighted by molar-refractivity contribution is -0.121. The van der Waals surface area contributed by atoms with Gasteiger partial charge < -0.3 is 10.1 Å². The van der Waals surface area contributed by atoms with Gasteiger partial charge in [-0.15, -0.1) is 0 Å². The van der Waals surface area contributed by atoms with E-state index in [4.69, 9.17) is 16.3 Å². The number of rotatable bonds is 6. The SMILES string of the molecule is CCCNC(=O)Cn1c(=O)n(-c2ccc(OC)cc2)c(=O)c2ccc(Cl)cc21. The van der Waals surface area contributed by atoms with Crippen LogP contribution in [-0.2, 0) is 11.3 Å². The van der Waals surface area contributed by atoms with E-state index >= 15 is 0 Å². The van der Waals surface area contributed by atoms with Crippen molar-refractivity contribution in [3.8, 4) is 11.4 Å². The average molecular weight is 402 g/mol. The number of halogens is 1. The Morgan fingerprint density at radius 1 is 1.14 bits per heavy atom. The zero-order valence-electron chi connectivity index (χ0n) is 15.6. The van der Waals surface area contributed by atoms with E-state index in [9.17, 15) is 14.4 Å². The summed E-state index contributed by atoms with van der Waals surface area (Å²) in [5.74, 6) is 0.286. The van der Waals surface area contributed by atoms with Gasteiger partial charge in [0.15, 0.2) is 0 Å². The number of aromatic nitrogens is 2. The van der Waals surface area contributed by atoms with Gasteiger partial charge in [-0.25, -0.2) is 9.36 Å². The third-order valence-electron chi connectivity index (χ3n) is 4.31. The fraction of sp³-hybridized carbons (Fsp3) is 0.250. The van der Waals surface area contributed by atoms with Crippen LogP contribution in [0, 0.1) is 0 Å². The van der Waals surface area contributed by atoms with Gasteiger partial charge in [0, 0.05) is 11.6 Å². The summed E-state index contributed by atoms with van der Waals surface area (Å²) in [6, 6.07) is 11.2. The van der Waals surface area contributed by atoms with Gasteiger partial charge >= 0.3 is 5.69 Å². The van der Waals surface area contributed by atoms with E-state index < -0.39 is 11.2 Å². The number of benzene rings is 2. The highest BCUT2D eigenvalue weighted by molar-refractivity contribution is 6.31. The van der Waals surface area contributed by atoms with Gasteiger partial charge in [0.1, 0.15) is 12.3 Å². The van der Waals surface area contributed by atoms with E-state index in [1.165, 1.54) is 17.7 Å². The van der Waals surface area contributed by atoms with Crippen LogP contribution in [-0.4, -0.2) is 28.7 Å². The molecule has 0 radical (unpaired) electrons. The normalized spacial score (nSPS) is 10.8. The summed E-state index contributed by atoms with van der Waals surface area (Å²) in [5, 5.41) is 3.41. The molecule has 0 aliphatic rings. The third kappa shape index (κ3) is 3.80. The van der Waals surface area contributed by atoms with Crippen LogP contribution in [0.4, 0.5) is 0 Å². The first-order valence-corrected chi connectivity index (χ1v) is 9.20. The van der Waals surface area contributed by atoms with E-state index in [-0.39, 0.29) is 12.5 Å². The topological polar surface area (TPSA) is 82.3 Å². The van der Waals surface area contributed by atoms with Crippen molar-refractivity contribution < 1.29 is 9.53 Å². The number of carbonyl (C=O) groups is 1. The van der Waals surface area contributed by atoms with E-state index in [1.54, 1.807) is 36.4 Å². The Hall–Kier alpha value is -3.06. The van der Waals surface area contributed by atoms with Crippen LogP contribution in [0.2, 0.25) is 5.02 Å². The van der Waals surface area contributed by atoms with Crippen molar-refractivity contribution in [2.75, 3.05) is 13.7 Å². The summed E-state index contributed by atoms with van der Waals surface area (Å²) < 4.78 is 7.43. The average Bonchev–Trinajstić information content (AvgIpc) is 2.70. The number of ether oxygens (including phenoxy) is 1. The fourth-order valence-corrected chi connectivity index (χ4v) is 3.08.